The Bertz CT molecular complexity index is 331. The van der Waals surface area contributed by atoms with E-state index in [0.717, 1.165) is 10.6 Å². The standard InChI is InChI=1S/C13H18BrNS/c1-10(8-14)15(2)9-12-7-11-5-3-4-6-13(11)16-12/h3-6,10,12H,7-9H2,1-2H3. The van der Waals surface area contributed by atoms with E-state index in [1.54, 1.807) is 0 Å². The van der Waals surface area contributed by atoms with Crippen LogP contribution in [-0.4, -0.2) is 35.1 Å². The number of fused-ring (bicyclic) bond motifs is 1. The Balaban J connectivity index is 1.92. The molecule has 2 atom stereocenters. The highest BCUT2D eigenvalue weighted by Crippen LogP contribution is 2.37. The molecule has 2 rings (SSSR count). The van der Waals surface area contributed by atoms with Gasteiger partial charge < -0.3 is 4.90 Å². The molecule has 3 heteroatoms. The predicted molar refractivity (Wildman–Crippen MR) is 75.7 cm³/mol. The molecular weight excluding hydrogens is 282 g/mol. The quantitative estimate of drug-likeness (QED) is 0.784. The normalized spacial score (nSPS) is 21.1. The minimum atomic E-state index is 0.615. The SMILES string of the molecule is CC(CBr)N(C)CC1Cc2ccccc2S1. The average molecular weight is 300 g/mol. The van der Waals surface area contributed by atoms with Crippen molar-refractivity contribution in [1.82, 2.24) is 4.90 Å². The van der Waals surface area contributed by atoms with Gasteiger partial charge in [-0.2, -0.15) is 0 Å². The third-order valence-corrected chi connectivity index (χ3v) is 5.42. The van der Waals surface area contributed by atoms with Crippen molar-refractivity contribution in [1.29, 1.82) is 0 Å². The van der Waals surface area contributed by atoms with E-state index < -0.39 is 0 Å². The molecule has 1 heterocycles. The van der Waals surface area contributed by atoms with Crippen LogP contribution in [0.25, 0.3) is 0 Å². The third-order valence-electron chi connectivity index (χ3n) is 3.18. The monoisotopic (exact) mass is 299 g/mol. The number of hydrogen-bond donors (Lipinski definition) is 0. The van der Waals surface area contributed by atoms with Gasteiger partial charge in [-0.1, -0.05) is 34.1 Å². The van der Waals surface area contributed by atoms with E-state index >= 15 is 0 Å². The molecule has 0 saturated carbocycles. The molecule has 16 heavy (non-hydrogen) atoms. The maximum atomic E-state index is 3.54. The Morgan fingerprint density at radius 1 is 1.50 bits per heavy atom. The number of thioether (sulfide) groups is 1. The minimum absolute atomic E-state index is 0.615. The van der Waals surface area contributed by atoms with Crippen molar-refractivity contribution in [3.8, 4) is 0 Å². The largest absolute Gasteiger partial charge is 0.302 e. The number of alkyl halides is 1. The van der Waals surface area contributed by atoms with E-state index in [-0.39, 0.29) is 0 Å². The van der Waals surface area contributed by atoms with Gasteiger partial charge in [-0.25, -0.2) is 0 Å². The second-order valence-electron chi connectivity index (χ2n) is 4.49. The lowest BCUT2D eigenvalue weighted by atomic mass is 10.1. The maximum absolute atomic E-state index is 3.54. The summed E-state index contributed by atoms with van der Waals surface area (Å²) in [4.78, 5) is 3.92. The maximum Gasteiger partial charge on any atom is 0.0263 e. The van der Waals surface area contributed by atoms with Gasteiger partial charge in [0.25, 0.3) is 0 Å². The molecule has 0 N–H and O–H groups in total. The van der Waals surface area contributed by atoms with Gasteiger partial charge in [0.1, 0.15) is 0 Å². The summed E-state index contributed by atoms with van der Waals surface area (Å²) < 4.78 is 0. The Morgan fingerprint density at radius 2 is 2.25 bits per heavy atom. The van der Waals surface area contributed by atoms with Crippen molar-refractivity contribution >= 4 is 27.7 Å². The van der Waals surface area contributed by atoms with Crippen LogP contribution in [0.1, 0.15) is 12.5 Å². The molecule has 0 saturated heterocycles. The predicted octanol–water partition coefficient (Wildman–Crippen LogP) is 3.42. The van der Waals surface area contributed by atoms with E-state index in [4.69, 9.17) is 0 Å². The highest BCUT2D eigenvalue weighted by Gasteiger charge is 2.23. The molecule has 0 aromatic heterocycles. The molecule has 2 unspecified atom stereocenters. The Labute approximate surface area is 111 Å². The molecular formula is C13H18BrNS. The fourth-order valence-electron chi connectivity index (χ4n) is 1.97. The molecule has 0 fully saturated rings. The van der Waals surface area contributed by atoms with Crippen LogP contribution in [0.3, 0.4) is 0 Å². The Hall–Kier alpha value is 0.01000. The molecule has 0 amide bonds. The molecule has 0 bridgehead atoms. The highest BCUT2D eigenvalue weighted by molar-refractivity contribution is 9.09. The van der Waals surface area contributed by atoms with Crippen molar-refractivity contribution in [2.45, 2.75) is 29.5 Å². The Kier molecular flexibility index (Phi) is 4.34. The lowest BCUT2D eigenvalue weighted by Crippen LogP contribution is -2.35. The van der Waals surface area contributed by atoms with Crippen molar-refractivity contribution in [3.05, 3.63) is 29.8 Å². The van der Waals surface area contributed by atoms with Gasteiger partial charge in [0.15, 0.2) is 0 Å². The van der Waals surface area contributed by atoms with Gasteiger partial charge in [-0.3, -0.25) is 0 Å². The lowest BCUT2D eigenvalue weighted by Gasteiger charge is -2.25. The zero-order chi connectivity index (χ0) is 11.5. The summed E-state index contributed by atoms with van der Waals surface area (Å²) in [6, 6.07) is 9.40. The van der Waals surface area contributed by atoms with Gasteiger partial charge in [0.05, 0.1) is 0 Å². The summed E-state index contributed by atoms with van der Waals surface area (Å²) in [5.74, 6) is 0. The average Bonchev–Trinajstić information content (AvgIpc) is 2.69. The smallest absolute Gasteiger partial charge is 0.0263 e. The van der Waals surface area contributed by atoms with E-state index in [1.807, 2.05) is 11.8 Å². The second-order valence-corrected chi connectivity index (χ2v) is 6.48. The lowest BCUT2D eigenvalue weighted by molar-refractivity contribution is 0.280. The van der Waals surface area contributed by atoms with Crippen LogP contribution in [0.5, 0.6) is 0 Å². The van der Waals surface area contributed by atoms with Crippen molar-refractivity contribution < 1.29 is 0 Å². The summed E-state index contributed by atoms with van der Waals surface area (Å²) in [7, 11) is 2.22. The highest BCUT2D eigenvalue weighted by atomic mass is 79.9. The van der Waals surface area contributed by atoms with Gasteiger partial charge in [0, 0.05) is 28.1 Å². The van der Waals surface area contributed by atoms with Crippen LogP contribution in [0.2, 0.25) is 0 Å². The minimum Gasteiger partial charge on any atom is -0.302 e. The number of halogens is 1. The first-order valence-electron chi connectivity index (χ1n) is 5.71. The number of benzene rings is 1. The summed E-state index contributed by atoms with van der Waals surface area (Å²) in [6.07, 6.45) is 1.22. The van der Waals surface area contributed by atoms with E-state index in [9.17, 15) is 0 Å². The second kappa shape index (κ2) is 5.56. The van der Waals surface area contributed by atoms with Crippen molar-refractivity contribution in [3.63, 3.8) is 0 Å². The van der Waals surface area contributed by atoms with Crippen molar-refractivity contribution in [2.24, 2.45) is 0 Å². The number of hydrogen-bond acceptors (Lipinski definition) is 2. The summed E-state index contributed by atoms with van der Waals surface area (Å²) in [6.45, 7) is 3.44. The van der Waals surface area contributed by atoms with Crippen molar-refractivity contribution in [2.75, 3.05) is 18.9 Å². The fraction of sp³-hybridized carbons (Fsp3) is 0.538. The van der Waals surface area contributed by atoms with Crippen LogP contribution >= 0.6 is 27.7 Å². The van der Waals surface area contributed by atoms with Crippen LogP contribution in [0.4, 0.5) is 0 Å². The number of nitrogens with zero attached hydrogens (tertiary/aromatic N) is 1. The molecule has 0 radical (unpaired) electrons. The van der Waals surface area contributed by atoms with E-state index in [0.29, 0.717) is 6.04 Å². The third kappa shape index (κ3) is 2.82. The summed E-state index contributed by atoms with van der Waals surface area (Å²) >= 11 is 5.58. The van der Waals surface area contributed by atoms with Gasteiger partial charge >= 0.3 is 0 Å². The summed E-state index contributed by atoms with van der Waals surface area (Å²) in [5, 5.41) is 1.78. The van der Waals surface area contributed by atoms with Crippen LogP contribution in [0.15, 0.2) is 29.2 Å². The van der Waals surface area contributed by atoms with Crippen LogP contribution in [-0.2, 0) is 6.42 Å². The van der Waals surface area contributed by atoms with E-state index in [2.05, 4.69) is 59.1 Å². The van der Waals surface area contributed by atoms with Crippen LogP contribution < -0.4 is 0 Å². The number of rotatable bonds is 4. The van der Waals surface area contributed by atoms with Gasteiger partial charge in [0.2, 0.25) is 0 Å². The van der Waals surface area contributed by atoms with Gasteiger partial charge in [-0.15, -0.1) is 11.8 Å². The molecule has 1 aromatic carbocycles. The van der Waals surface area contributed by atoms with Gasteiger partial charge in [-0.05, 0) is 32.0 Å². The zero-order valence-electron chi connectivity index (χ0n) is 9.82. The molecule has 1 aromatic rings. The topological polar surface area (TPSA) is 3.24 Å². The molecule has 0 spiro atoms. The molecule has 88 valence electrons. The first-order valence-corrected chi connectivity index (χ1v) is 7.71. The first-order chi connectivity index (χ1) is 7.70. The zero-order valence-corrected chi connectivity index (χ0v) is 12.2. The fourth-order valence-corrected chi connectivity index (χ4v) is 3.86. The Morgan fingerprint density at radius 3 is 2.94 bits per heavy atom. The molecule has 0 aliphatic carbocycles. The first kappa shape index (κ1) is 12.5. The molecule has 1 aliphatic heterocycles. The van der Waals surface area contributed by atoms with Crippen LogP contribution in [0, 0.1) is 0 Å². The molecule has 1 aliphatic rings. The molecule has 1 nitrogen and oxygen atoms in total. The summed E-state index contributed by atoms with van der Waals surface area (Å²) in [5.41, 5.74) is 1.53. The van der Waals surface area contributed by atoms with E-state index in [1.165, 1.54) is 23.4 Å².